The predicted molar refractivity (Wildman–Crippen MR) is 100.0 cm³/mol. The van der Waals surface area contributed by atoms with E-state index in [-0.39, 0.29) is 23.8 Å². The molecule has 0 bridgehead atoms. The third-order valence-electron chi connectivity index (χ3n) is 4.38. The van der Waals surface area contributed by atoms with Crippen molar-refractivity contribution in [2.24, 2.45) is 0 Å². The van der Waals surface area contributed by atoms with Gasteiger partial charge < -0.3 is 19.4 Å². The van der Waals surface area contributed by atoms with Crippen molar-refractivity contribution in [1.29, 1.82) is 0 Å². The number of nitrogens with zero attached hydrogens (tertiary/aromatic N) is 1. The van der Waals surface area contributed by atoms with Crippen LogP contribution in [0, 0.1) is 19.7 Å². The summed E-state index contributed by atoms with van der Waals surface area (Å²) in [7, 11) is 2.89. The number of ketones is 1. The molecule has 1 heterocycles. The minimum Gasteiger partial charge on any atom is -0.494 e. The normalized spacial score (nSPS) is 10.5. The lowest BCUT2D eigenvalue weighted by Gasteiger charge is -2.17. The van der Waals surface area contributed by atoms with Gasteiger partial charge in [-0.3, -0.25) is 9.59 Å². The predicted octanol–water partition coefficient (Wildman–Crippen LogP) is 2.80. The molecule has 0 fully saturated rings. The van der Waals surface area contributed by atoms with Crippen LogP contribution in [0.4, 0.5) is 4.39 Å². The number of carbonyl (C=O) groups is 3. The molecule has 0 aliphatic carbocycles. The zero-order chi connectivity index (χ0) is 21.0. The highest BCUT2D eigenvalue weighted by Crippen LogP contribution is 2.20. The van der Waals surface area contributed by atoms with Gasteiger partial charge >= 0.3 is 5.97 Å². The summed E-state index contributed by atoms with van der Waals surface area (Å²) in [5, 5.41) is 0. The molecule has 0 saturated heterocycles. The van der Waals surface area contributed by atoms with Crippen molar-refractivity contribution in [1.82, 2.24) is 9.88 Å². The summed E-state index contributed by atoms with van der Waals surface area (Å²) in [6.07, 6.45) is 0. The number of amides is 1. The van der Waals surface area contributed by atoms with Crippen molar-refractivity contribution in [2.75, 3.05) is 20.8 Å². The Hall–Kier alpha value is -3.16. The first kappa shape index (κ1) is 21.1. The van der Waals surface area contributed by atoms with Crippen molar-refractivity contribution in [3.8, 4) is 5.75 Å². The number of H-pyrrole nitrogens is 1. The SMILES string of the molecule is COc1ccc(CN(C)C(=O)COC(=O)c2[nH]c(C)c(C(C)=O)c2C)cc1F. The molecule has 0 radical (unpaired) electrons. The number of carbonyl (C=O) groups excluding carboxylic acids is 3. The summed E-state index contributed by atoms with van der Waals surface area (Å²) in [4.78, 5) is 40.3. The van der Waals surface area contributed by atoms with Crippen molar-refractivity contribution in [3.05, 3.63) is 52.1 Å². The van der Waals surface area contributed by atoms with E-state index in [1.165, 1.54) is 38.1 Å². The smallest absolute Gasteiger partial charge is 0.355 e. The summed E-state index contributed by atoms with van der Waals surface area (Å²) in [6.45, 7) is 4.42. The van der Waals surface area contributed by atoms with Crippen molar-refractivity contribution in [2.45, 2.75) is 27.3 Å². The van der Waals surface area contributed by atoms with Crippen LogP contribution < -0.4 is 4.74 Å². The van der Waals surface area contributed by atoms with Crippen LogP contribution in [0.1, 0.15) is 44.6 Å². The van der Waals surface area contributed by atoms with E-state index in [4.69, 9.17) is 9.47 Å². The Kier molecular flexibility index (Phi) is 6.56. The number of rotatable bonds is 7. The van der Waals surface area contributed by atoms with E-state index < -0.39 is 24.3 Å². The number of Topliss-reactive ketones (excluding diaryl/α,β-unsaturated/α-hetero) is 1. The standard InChI is InChI=1S/C20H23FN2O5/c1-11-18(13(3)24)12(2)22-19(11)20(26)28-10-17(25)23(4)9-14-6-7-16(27-5)15(21)8-14/h6-8,22H,9-10H2,1-5H3. The van der Waals surface area contributed by atoms with Crippen LogP contribution in [0.2, 0.25) is 0 Å². The van der Waals surface area contributed by atoms with Gasteiger partial charge in [-0.2, -0.15) is 0 Å². The van der Waals surface area contributed by atoms with E-state index in [2.05, 4.69) is 4.98 Å². The molecular weight excluding hydrogens is 367 g/mol. The van der Waals surface area contributed by atoms with Gasteiger partial charge in [0, 0.05) is 24.8 Å². The van der Waals surface area contributed by atoms with Crippen LogP contribution in [0.15, 0.2) is 18.2 Å². The fourth-order valence-corrected chi connectivity index (χ4v) is 2.96. The van der Waals surface area contributed by atoms with Crippen LogP contribution in [-0.4, -0.2) is 48.3 Å². The molecule has 0 aliphatic rings. The monoisotopic (exact) mass is 390 g/mol. The minimum atomic E-state index is -0.717. The van der Waals surface area contributed by atoms with Crippen molar-refractivity contribution in [3.63, 3.8) is 0 Å². The van der Waals surface area contributed by atoms with Gasteiger partial charge in [-0.25, -0.2) is 9.18 Å². The Bertz CT molecular complexity index is 920. The molecule has 28 heavy (non-hydrogen) atoms. The van der Waals surface area contributed by atoms with Crippen molar-refractivity contribution < 1.29 is 28.2 Å². The van der Waals surface area contributed by atoms with Crippen LogP contribution in [0.25, 0.3) is 0 Å². The quantitative estimate of drug-likeness (QED) is 0.580. The minimum absolute atomic E-state index is 0.119. The van der Waals surface area contributed by atoms with Gasteiger partial charge in [-0.05, 0) is 44.0 Å². The molecule has 150 valence electrons. The summed E-state index contributed by atoms with van der Waals surface area (Å²) >= 11 is 0. The number of aryl methyl sites for hydroxylation is 1. The first-order chi connectivity index (χ1) is 13.1. The number of aromatic amines is 1. The lowest BCUT2D eigenvalue weighted by Crippen LogP contribution is -2.31. The van der Waals surface area contributed by atoms with E-state index in [0.717, 1.165) is 0 Å². The number of hydrogen-bond acceptors (Lipinski definition) is 5. The Labute approximate surface area is 162 Å². The van der Waals surface area contributed by atoms with Crippen LogP contribution in [0.5, 0.6) is 5.75 Å². The highest BCUT2D eigenvalue weighted by Gasteiger charge is 2.22. The molecule has 0 unspecified atom stereocenters. The number of halogens is 1. The number of esters is 1. The highest BCUT2D eigenvalue weighted by atomic mass is 19.1. The van der Waals surface area contributed by atoms with Gasteiger partial charge in [0.2, 0.25) is 0 Å². The molecule has 2 aromatic rings. The largest absolute Gasteiger partial charge is 0.494 e. The number of likely N-dealkylation sites (N-methyl/N-ethyl adjacent to an activating group) is 1. The molecule has 8 heteroatoms. The molecule has 0 spiro atoms. The first-order valence-corrected chi connectivity index (χ1v) is 8.59. The molecular formula is C20H23FN2O5. The first-order valence-electron chi connectivity index (χ1n) is 8.59. The zero-order valence-electron chi connectivity index (χ0n) is 16.5. The molecule has 1 N–H and O–H groups in total. The number of benzene rings is 1. The highest BCUT2D eigenvalue weighted by molar-refractivity contribution is 6.01. The Morgan fingerprint density at radius 1 is 1.21 bits per heavy atom. The van der Waals surface area contributed by atoms with E-state index >= 15 is 0 Å². The van der Waals surface area contributed by atoms with Gasteiger partial charge in [0.25, 0.3) is 5.91 Å². The number of ether oxygens (including phenoxy) is 2. The van der Waals surface area contributed by atoms with Crippen LogP contribution in [-0.2, 0) is 16.1 Å². The molecule has 1 aromatic carbocycles. The Morgan fingerprint density at radius 3 is 2.43 bits per heavy atom. The molecule has 0 atom stereocenters. The van der Waals surface area contributed by atoms with Gasteiger partial charge in [0.1, 0.15) is 5.69 Å². The molecule has 7 nitrogen and oxygen atoms in total. The van der Waals surface area contributed by atoms with E-state index in [9.17, 15) is 18.8 Å². The number of nitrogens with one attached hydrogen (secondary N) is 1. The number of aromatic nitrogens is 1. The Morgan fingerprint density at radius 2 is 1.89 bits per heavy atom. The molecule has 0 aliphatic heterocycles. The van der Waals surface area contributed by atoms with Crippen LogP contribution in [0.3, 0.4) is 0 Å². The average molecular weight is 390 g/mol. The fourth-order valence-electron chi connectivity index (χ4n) is 2.96. The maximum Gasteiger partial charge on any atom is 0.355 e. The second-order valence-electron chi connectivity index (χ2n) is 6.48. The molecule has 2 rings (SSSR count). The van der Waals surface area contributed by atoms with E-state index in [1.54, 1.807) is 19.9 Å². The average Bonchev–Trinajstić information content (AvgIpc) is 2.93. The number of methoxy groups -OCH3 is 1. The van der Waals surface area contributed by atoms with E-state index in [0.29, 0.717) is 22.4 Å². The topological polar surface area (TPSA) is 88.7 Å². The van der Waals surface area contributed by atoms with Gasteiger partial charge in [-0.1, -0.05) is 6.07 Å². The summed E-state index contributed by atoms with van der Waals surface area (Å²) in [5.74, 6) is -1.73. The zero-order valence-corrected chi connectivity index (χ0v) is 16.5. The maximum absolute atomic E-state index is 13.7. The second kappa shape index (κ2) is 8.69. The Balaban J connectivity index is 1.98. The summed E-state index contributed by atoms with van der Waals surface area (Å²) in [5.41, 5.74) is 2.22. The summed E-state index contributed by atoms with van der Waals surface area (Å²) in [6, 6.07) is 4.40. The third kappa shape index (κ3) is 4.57. The fraction of sp³-hybridized carbons (Fsp3) is 0.350. The van der Waals surface area contributed by atoms with Gasteiger partial charge in [0.15, 0.2) is 24.0 Å². The second-order valence-corrected chi connectivity index (χ2v) is 6.48. The van der Waals surface area contributed by atoms with E-state index in [1.807, 2.05) is 0 Å². The van der Waals surface area contributed by atoms with Gasteiger partial charge in [0.05, 0.1) is 7.11 Å². The van der Waals surface area contributed by atoms with Crippen molar-refractivity contribution >= 4 is 17.7 Å². The molecule has 1 amide bonds. The lowest BCUT2D eigenvalue weighted by molar-refractivity contribution is -0.133. The molecule has 1 aromatic heterocycles. The third-order valence-corrected chi connectivity index (χ3v) is 4.38. The molecule has 0 saturated carbocycles. The summed E-state index contributed by atoms with van der Waals surface area (Å²) < 4.78 is 23.7. The van der Waals surface area contributed by atoms with Gasteiger partial charge in [-0.15, -0.1) is 0 Å². The maximum atomic E-state index is 13.7. The lowest BCUT2D eigenvalue weighted by atomic mass is 10.1. The number of hydrogen-bond donors (Lipinski definition) is 1. The van der Waals surface area contributed by atoms with Crippen LogP contribution >= 0.6 is 0 Å².